The van der Waals surface area contributed by atoms with Crippen molar-refractivity contribution >= 4 is 11.8 Å². The van der Waals surface area contributed by atoms with Gasteiger partial charge in [-0.25, -0.2) is 0 Å². The van der Waals surface area contributed by atoms with Gasteiger partial charge < -0.3 is 5.32 Å². The molecule has 0 fully saturated rings. The lowest BCUT2D eigenvalue weighted by atomic mass is 10.00. The van der Waals surface area contributed by atoms with E-state index in [0.29, 0.717) is 11.3 Å². The molecule has 2 unspecified atom stereocenters. The fourth-order valence-corrected chi connectivity index (χ4v) is 3.96. The van der Waals surface area contributed by atoms with Gasteiger partial charge in [-0.2, -0.15) is 0 Å². The van der Waals surface area contributed by atoms with Crippen LogP contribution < -0.4 is 5.32 Å². The summed E-state index contributed by atoms with van der Waals surface area (Å²) >= 11 is 2.04. The van der Waals surface area contributed by atoms with Gasteiger partial charge >= 0.3 is 0 Å². The predicted octanol–water partition coefficient (Wildman–Crippen LogP) is 4.04. The van der Waals surface area contributed by atoms with Gasteiger partial charge in [-0.3, -0.25) is 0 Å². The molecule has 0 aromatic heterocycles. The number of hydrogen-bond acceptors (Lipinski definition) is 2. The number of fused-ring (bicyclic) bond motifs is 1. The molecule has 1 aliphatic heterocycles. The maximum absolute atomic E-state index is 4.02. The predicted molar refractivity (Wildman–Crippen MR) is 81.3 cm³/mol. The Hall–Kier alpha value is -0.730. The highest BCUT2D eigenvalue weighted by atomic mass is 32.2. The molecule has 0 amide bonds. The second kappa shape index (κ2) is 6.44. The van der Waals surface area contributed by atoms with Crippen molar-refractivity contribution in [3.8, 4) is 0 Å². The number of hydrogen-bond donors (Lipinski definition) is 1. The summed E-state index contributed by atoms with van der Waals surface area (Å²) in [6.45, 7) is 9.39. The van der Waals surface area contributed by atoms with E-state index >= 15 is 0 Å². The Kier molecular flexibility index (Phi) is 4.90. The van der Waals surface area contributed by atoms with E-state index in [1.54, 1.807) is 0 Å². The van der Waals surface area contributed by atoms with E-state index in [2.05, 4.69) is 50.0 Å². The standard InChI is InChI=1S/C16H23NS/c1-4-17-14(10-9-12(2)3)16-11-13-7-5-6-8-15(13)18-16/h5-8,14,16-17H,2,4,9-11H2,1,3H3. The summed E-state index contributed by atoms with van der Waals surface area (Å²) in [6.07, 6.45) is 3.54. The van der Waals surface area contributed by atoms with E-state index < -0.39 is 0 Å². The van der Waals surface area contributed by atoms with E-state index in [9.17, 15) is 0 Å². The molecule has 2 atom stereocenters. The van der Waals surface area contributed by atoms with E-state index in [4.69, 9.17) is 0 Å². The molecule has 0 spiro atoms. The number of rotatable bonds is 6. The molecular weight excluding hydrogens is 238 g/mol. The molecular formula is C16H23NS. The zero-order chi connectivity index (χ0) is 13.0. The van der Waals surface area contributed by atoms with Crippen LogP contribution in [0.25, 0.3) is 0 Å². The molecule has 1 heterocycles. The molecule has 0 bridgehead atoms. The molecule has 2 rings (SSSR count). The minimum absolute atomic E-state index is 0.601. The fraction of sp³-hybridized carbons (Fsp3) is 0.500. The van der Waals surface area contributed by atoms with Gasteiger partial charge in [-0.05, 0) is 44.4 Å². The number of benzene rings is 1. The Morgan fingerprint density at radius 2 is 2.28 bits per heavy atom. The lowest BCUT2D eigenvalue weighted by Gasteiger charge is -2.23. The molecule has 2 heteroatoms. The summed E-state index contributed by atoms with van der Waals surface area (Å²) in [5, 5.41) is 4.33. The molecule has 0 saturated heterocycles. The van der Waals surface area contributed by atoms with Crippen molar-refractivity contribution in [3.63, 3.8) is 0 Å². The summed E-state index contributed by atoms with van der Waals surface area (Å²) in [5.41, 5.74) is 2.81. The lowest BCUT2D eigenvalue weighted by Crippen LogP contribution is -2.38. The third-order valence-electron chi connectivity index (χ3n) is 3.47. The van der Waals surface area contributed by atoms with Crippen molar-refractivity contribution in [2.75, 3.05) is 6.54 Å². The zero-order valence-corrected chi connectivity index (χ0v) is 12.2. The van der Waals surface area contributed by atoms with E-state index in [0.717, 1.165) is 13.0 Å². The van der Waals surface area contributed by atoms with Gasteiger partial charge in [0.05, 0.1) is 0 Å². The summed E-state index contributed by atoms with van der Waals surface area (Å²) < 4.78 is 0. The maximum Gasteiger partial charge on any atom is 0.0289 e. The lowest BCUT2D eigenvalue weighted by molar-refractivity contribution is 0.477. The van der Waals surface area contributed by atoms with Crippen LogP contribution in [0.4, 0.5) is 0 Å². The monoisotopic (exact) mass is 261 g/mol. The van der Waals surface area contributed by atoms with Gasteiger partial charge in [-0.15, -0.1) is 18.3 Å². The van der Waals surface area contributed by atoms with Crippen molar-refractivity contribution in [1.29, 1.82) is 0 Å². The smallest absolute Gasteiger partial charge is 0.0289 e. The first-order valence-corrected chi connectivity index (χ1v) is 7.71. The second-order valence-electron chi connectivity index (χ2n) is 5.13. The van der Waals surface area contributed by atoms with Crippen LogP contribution >= 0.6 is 11.8 Å². The third kappa shape index (κ3) is 3.39. The van der Waals surface area contributed by atoms with Gasteiger partial charge in [0.15, 0.2) is 0 Å². The van der Waals surface area contributed by atoms with Crippen LogP contribution in [0.15, 0.2) is 41.3 Å². The van der Waals surface area contributed by atoms with Crippen LogP contribution in [0, 0.1) is 0 Å². The van der Waals surface area contributed by atoms with Crippen LogP contribution in [-0.4, -0.2) is 17.8 Å². The second-order valence-corrected chi connectivity index (χ2v) is 6.41. The highest BCUT2D eigenvalue weighted by Gasteiger charge is 2.28. The zero-order valence-electron chi connectivity index (χ0n) is 11.4. The first kappa shape index (κ1) is 13.7. The summed E-state index contributed by atoms with van der Waals surface area (Å²) in [7, 11) is 0. The van der Waals surface area contributed by atoms with Crippen molar-refractivity contribution in [2.24, 2.45) is 0 Å². The van der Waals surface area contributed by atoms with Gasteiger partial charge in [0.1, 0.15) is 0 Å². The molecule has 0 aliphatic carbocycles. The van der Waals surface area contributed by atoms with E-state index in [1.165, 1.54) is 28.9 Å². The number of thioether (sulfide) groups is 1. The van der Waals surface area contributed by atoms with E-state index in [1.807, 2.05) is 11.8 Å². The summed E-state index contributed by atoms with van der Waals surface area (Å²) in [5.74, 6) is 0. The first-order chi connectivity index (χ1) is 8.70. The average Bonchev–Trinajstić information content (AvgIpc) is 2.77. The quantitative estimate of drug-likeness (QED) is 0.776. The van der Waals surface area contributed by atoms with Gasteiger partial charge in [-0.1, -0.05) is 30.7 Å². The molecule has 18 heavy (non-hydrogen) atoms. The molecule has 1 aromatic carbocycles. The van der Waals surface area contributed by atoms with E-state index in [-0.39, 0.29) is 0 Å². The van der Waals surface area contributed by atoms with Crippen LogP contribution in [-0.2, 0) is 6.42 Å². The topological polar surface area (TPSA) is 12.0 Å². The number of nitrogens with one attached hydrogen (secondary N) is 1. The van der Waals surface area contributed by atoms with Gasteiger partial charge in [0, 0.05) is 16.2 Å². The molecule has 1 aliphatic rings. The molecule has 0 saturated carbocycles. The summed E-state index contributed by atoms with van der Waals surface area (Å²) in [4.78, 5) is 1.47. The van der Waals surface area contributed by atoms with Crippen molar-refractivity contribution in [2.45, 2.75) is 49.3 Å². The van der Waals surface area contributed by atoms with Gasteiger partial charge in [0.25, 0.3) is 0 Å². The Labute approximate surface area is 115 Å². The number of allylic oxidation sites excluding steroid dienone is 1. The molecule has 1 N–H and O–H groups in total. The Morgan fingerprint density at radius 3 is 2.94 bits per heavy atom. The fourth-order valence-electron chi connectivity index (χ4n) is 2.52. The molecule has 1 nitrogen and oxygen atoms in total. The average molecular weight is 261 g/mol. The first-order valence-electron chi connectivity index (χ1n) is 6.83. The highest BCUT2D eigenvalue weighted by molar-refractivity contribution is 8.00. The Morgan fingerprint density at radius 1 is 1.50 bits per heavy atom. The van der Waals surface area contributed by atoms with Crippen LogP contribution in [0.2, 0.25) is 0 Å². The van der Waals surface area contributed by atoms with Crippen molar-refractivity contribution in [1.82, 2.24) is 5.32 Å². The third-order valence-corrected chi connectivity index (χ3v) is 4.92. The Bertz CT molecular complexity index is 388. The maximum atomic E-state index is 4.02. The largest absolute Gasteiger partial charge is 0.313 e. The Balaban J connectivity index is 1.99. The highest BCUT2D eigenvalue weighted by Crippen LogP contribution is 2.39. The van der Waals surface area contributed by atoms with Crippen molar-refractivity contribution in [3.05, 3.63) is 42.0 Å². The SMILES string of the molecule is C=C(C)CCC(NCC)C1Cc2ccccc2S1. The minimum atomic E-state index is 0.601. The molecule has 0 radical (unpaired) electrons. The van der Waals surface area contributed by atoms with Crippen LogP contribution in [0.5, 0.6) is 0 Å². The van der Waals surface area contributed by atoms with Gasteiger partial charge in [0.2, 0.25) is 0 Å². The molecule has 98 valence electrons. The minimum Gasteiger partial charge on any atom is -0.313 e. The summed E-state index contributed by atoms with van der Waals surface area (Å²) in [6, 6.07) is 9.41. The van der Waals surface area contributed by atoms with Crippen LogP contribution in [0.3, 0.4) is 0 Å². The normalized spacial score (nSPS) is 19.6. The van der Waals surface area contributed by atoms with Crippen molar-refractivity contribution < 1.29 is 0 Å². The van der Waals surface area contributed by atoms with Crippen LogP contribution in [0.1, 0.15) is 32.3 Å². The molecule has 1 aromatic rings.